The van der Waals surface area contributed by atoms with Crippen LogP contribution in [0.1, 0.15) is 19.8 Å². The van der Waals surface area contributed by atoms with Crippen LogP contribution in [0.2, 0.25) is 10.0 Å². The number of hydrogen-bond acceptors (Lipinski definition) is 2. The number of benzene rings is 1. The van der Waals surface area contributed by atoms with Crippen molar-refractivity contribution in [1.82, 2.24) is 0 Å². The molecule has 15 heavy (non-hydrogen) atoms. The smallest absolute Gasteiger partial charge is 0.176 e. The second kappa shape index (κ2) is 6.70. The molecule has 0 amide bonds. The van der Waals surface area contributed by atoms with Crippen LogP contribution in [0.4, 0.5) is 0 Å². The first-order chi connectivity index (χ1) is 7.25. The molecular formula is C11H13Cl2NO. The van der Waals surface area contributed by atoms with Gasteiger partial charge in [-0.2, -0.15) is 0 Å². The maximum Gasteiger partial charge on any atom is 0.176 e. The van der Waals surface area contributed by atoms with Crippen molar-refractivity contribution in [3.63, 3.8) is 0 Å². The fourth-order valence-corrected chi connectivity index (χ4v) is 1.47. The topological polar surface area (TPSA) is 21.6 Å². The molecule has 0 aliphatic heterocycles. The number of halogens is 2. The van der Waals surface area contributed by atoms with Crippen molar-refractivity contribution in [2.24, 2.45) is 4.99 Å². The predicted molar refractivity (Wildman–Crippen MR) is 65.4 cm³/mol. The fourth-order valence-electron chi connectivity index (χ4n) is 0.987. The molecule has 1 rings (SSSR count). The lowest BCUT2D eigenvalue weighted by molar-refractivity contribution is 0.569. The van der Waals surface area contributed by atoms with E-state index in [1.54, 1.807) is 18.2 Å². The Hall–Kier alpha value is -0.730. The molecule has 2 nitrogen and oxygen atoms in total. The molecule has 0 N–H and O–H groups in total. The van der Waals surface area contributed by atoms with Gasteiger partial charge >= 0.3 is 0 Å². The Bertz CT molecular complexity index is 319. The number of ether oxygens (including phenoxy) is 1. The van der Waals surface area contributed by atoms with E-state index in [1.807, 2.05) is 0 Å². The van der Waals surface area contributed by atoms with Gasteiger partial charge in [-0.3, -0.25) is 4.99 Å². The van der Waals surface area contributed by atoms with Crippen LogP contribution < -0.4 is 4.74 Å². The third-order valence-corrected chi connectivity index (χ3v) is 2.40. The molecule has 1 aromatic carbocycles. The molecule has 0 heterocycles. The average Bonchev–Trinajstić information content (AvgIpc) is 2.21. The van der Waals surface area contributed by atoms with Crippen molar-refractivity contribution in [3.8, 4) is 5.75 Å². The summed E-state index contributed by atoms with van der Waals surface area (Å²) < 4.78 is 5.26. The van der Waals surface area contributed by atoms with Crippen molar-refractivity contribution >= 4 is 29.6 Å². The van der Waals surface area contributed by atoms with Crippen LogP contribution in [-0.4, -0.2) is 12.9 Å². The minimum absolute atomic E-state index is 0.459. The van der Waals surface area contributed by atoms with E-state index in [0.29, 0.717) is 15.8 Å². The molecule has 0 fully saturated rings. The third-order valence-electron chi connectivity index (χ3n) is 1.80. The van der Waals surface area contributed by atoms with Gasteiger partial charge in [-0.1, -0.05) is 42.6 Å². The Balaban J connectivity index is 2.53. The van der Waals surface area contributed by atoms with E-state index in [4.69, 9.17) is 27.9 Å². The molecule has 82 valence electrons. The SMILES string of the molecule is CCCCN=COc1c(Cl)cccc1Cl. The lowest BCUT2D eigenvalue weighted by Gasteiger charge is -2.03. The standard InChI is InChI=1S/C11H13Cl2NO/c1-2-3-7-14-8-15-11-9(12)5-4-6-10(11)13/h4-6,8H,2-3,7H2,1H3. The summed E-state index contributed by atoms with van der Waals surface area (Å²) in [5.74, 6) is 0.459. The van der Waals surface area contributed by atoms with Gasteiger partial charge in [0.25, 0.3) is 0 Å². The molecule has 4 heteroatoms. The first-order valence-electron chi connectivity index (χ1n) is 4.84. The molecule has 0 aromatic heterocycles. The normalized spacial score (nSPS) is 10.9. The zero-order valence-corrected chi connectivity index (χ0v) is 10.1. The minimum atomic E-state index is 0.459. The van der Waals surface area contributed by atoms with Crippen LogP contribution in [-0.2, 0) is 0 Å². The van der Waals surface area contributed by atoms with Gasteiger partial charge in [0.05, 0.1) is 10.0 Å². The van der Waals surface area contributed by atoms with E-state index in [1.165, 1.54) is 6.40 Å². The fraction of sp³-hybridized carbons (Fsp3) is 0.364. The second-order valence-corrected chi connectivity index (χ2v) is 3.85. The van der Waals surface area contributed by atoms with Crippen molar-refractivity contribution in [3.05, 3.63) is 28.2 Å². The summed E-state index contributed by atoms with van der Waals surface area (Å²) in [5.41, 5.74) is 0. The van der Waals surface area contributed by atoms with E-state index in [0.717, 1.165) is 19.4 Å². The average molecular weight is 246 g/mol. The molecule has 0 aliphatic rings. The highest BCUT2D eigenvalue weighted by atomic mass is 35.5. The molecule has 1 aromatic rings. The molecule has 0 atom stereocenters. The maximum atomic E-state index is 5.90. The monoisotopic (exact) mass is 245 g/mol. The van der Waals surface area contributed by atoms with Gasteiger partial charge in [0.2, 0.25) is 0 Å². The Morgan fingerprint density at radius 2 is 2.00 bits per heavy atom. The van der Waals surface area contributed by atoms with Gasteiger partial charge in [-0.05, 0) is 18.6 Å². The largest absolute Gasteiger partial charge is 0.443 e. The summed E-state index contributed by atoms with van der Waals surface area (Å²) in [5, 5.41) is 0.980. The van der Waals surface area contributed by atoms with Gasteiger partial charge in [0, 0.05) is 6.54 Å². The van der Waals surface area contributed by atoms with E-state index < -0.39 is 0 Å². The van der Waals surface area contributed by atoms with Crippen LogP contribution in [0.25, 0.3) is 0 Å². The van der Waals surface area contributed by atoms with Crippen LogP contribution in [0.3, 0.4) is 0 Å². The van der Waals surface area contributed by atoms with Gasteiger partial charge in [-0.15, -0.1) is 0 Å². The molecule has 0 saturated heterocycles. The van der Waals surface area contributed by atoms with E-state index >= 15 is 0 Å². The van der Waals surface area contributed by atoms with Gasteiger partial charge in [-0.25, -0.2) is 0 Å². The van der Waals surface area contributed by atoms with Crippen LogP contribution >= 0.6 is 23.2 Å². The molecule has 0 bridgehead atoms. The molecule has 0 saturated carbocycles. The molecule has 0 unspecified atom stereocenters. The van der Waals surface area contributed by atoms with E-state index in [2.05, 4.69) is 11.9 Å². The van der Waals surface area contributed by atoms with E-state index in [9.17, 15) is 0 Å². The van der Waals surface area contributed by atoms with Gasteiger partial charge in [0.15, 0.2) is 12.2 Å². The number of hydrogen-bond donors (Lipinski definition) is 0. The Morgan fingerprint density at radius 1 is 1.33 bits per heavy atom. The summed E-state index contributed by atoms with van der Waals surface area (Å²) in [6.07, 6.45) is 3.56. The predicted octanol–water partition coefficient (Wildman–Crippen LogP) is 4.20. The van der Waals surface area contributed by atoms with Gasteiger partial charge < -0.3 is 4.74 Å². The Kier molecular flexibility index (Phi) is 5.51. The maximum absolute atomic E-state index is 5.90. The first kappa shape index (κ1) is 12.3. The lowest BCUT2D eigenvalue weighted by Crippen LogP contribution is -1.93. The molecule has 0 aliphatic carbocycles. The highest BCUT2D eigenvalue weighted by Gasteiger charge is 2.04. The lowest BCUT2D eigenvalue weighted by atomic mass is 10.3. The Morgan fingerprint density at radius 3 is 2.60 bits per heavy atom. The number of nitrogens with zero attached hydrogens (tertiary/aromatic N) is 1. The quantitative estimate of drug-likeness (QED) is 0.433. The summed E-state index contributed by atoms with van der Waals surface area (Å²) in [7, 11) is 0. The van der Waals surface area contributed by atoms with Crippen LogP contribution in [0.5, 0.6) is 5.75 Å². The minimum Gasteiger partial charge on any atom is -0.443 e. The Labute approximate surface area is 99.9 Å². The summed E-state index contributed by atoms with van der Waals surface area (Å²) in [6.45, 7) is 2.87. The number of unbranched alkanes of at least 4 members (excludes halogenated alkanes) is 1. The zero-order valence-electron chi connectivity index (χ0n) is 8.54. The molecule has 0 spiro atoms. The zero-order chi connectivity index (χ0) is 11.1. The molecular weight excluding hydrogens is 233 g/mol. The van der Waals surface area contributed by atoms with E-state index in [-0.39, 0.29) is 0 Å². The second-order valence-electron chi connectivity index (χ2n) is 3.03. The van der Waals surface area contributed by atoms with Crippen LogP contribution in [0, 0.1) is 0 Å². The third kappa shape index (κ3) is 4.10. The summed E-state index contributed by atoms with van der Waals surface area (Å²) in [6, 6.07) is 5.22. The molecule has 0 radical (unpaired) electrons. The number of aliphatic imine (C=N–C) groups is 1. The van der Waals surface area contributed by atoms with Crippen molar-refractivity contribution in [2.75, 3.05) is 6.54 Å². The van der Waals surface area contributed by atoms with Crippen molar-refractivity contribution < 1.29 is 4.74 Å². The van der Waals surface area contributed by atoms with Crippen molar-refractivity contribution in [2.45, 2.75) is 19.8 Å². The highest BCUT2D eigenvalue weighted by Crippen LogP contribution is 2.31. The summed E-state index contributed by atoms with van der Waals surface area (Å²) in [4.78, 5) is 4.07. The number of para-hydroxylation sites is 1. The highest BCUT2D eigenvalue weighted by molar-refractivity contribution is 6.37. The summed E-state index contributed by atoms with van der Waals surface area (Å²) >= 11 is 11.8. The van der Waals surface area contributed by atoms with Crippen molar-refractivity contribution in [1.29, 1.82) is 0 Å². The van der Waals surface area contributed by atoms with Gasteiger partial charge in [0.1, 0.15) is 0 Å². The van der Waals surface area contributed by atoms with Crippen LogP contribution in [0.15, 0.2) is 23.2 Å². The number of rotatable bonds is 5. The first-order valence-corrected chi connectivity index (χ1v) is 5.60.